The van der Waals surface area contributed by atoms with E-state index in [0.717, 1.165) is 5.56 Å². The third-order valence-corrected chi connectivity index (χ3v) is 5.83. The van der Waals surface area contributed by atoms with Crippen molar-refractivity contribution in [1.82, 2.24) is 0 Å². The first-order chi connectivity index (χ1) is 14.4. The predicted octanol–water partition coefficient (Wildman–Crippen LogP) is 5.05. The summed E-state index contributed by atoms with van der Waals surface area (Å²) in [6, 6.07) is 17.2. The maximum atomic E-state index is 13.7. The number of hydrogen-bond donors (Lipinski definition) is 1. The summed E-state index contributed by atoms with van der Waals surface area (Å²) in [6.45, 7) is 1.85. The van der Waals surface area contributed by atoms with Crippen molar-refractivity contribution in [2.45, 2.75) is 12.5 Å². The van der Waals surface area contributed by atoms with Gasteiger partial charge in [-0.25, -0.2) is 0 Å². The van der Waals surface area contributed by atoms with E-state index < -0.39 is 5.54 Å². The van der Waals surface area contributed by atoms with Gasteiger partial charge >= 0.3 is 0 Å². The average Bonchev–Trinajstić information content (AvgIpc) is 2.99. The first kappa shape index (κ1) is 20.0. The van der Waals surface area contributed by atoms with Gasteiger partial charge in [-0.05, 0) is 36.2 Å². The third kappa shape index (κ3) is 2.94. The normalized spacial score (nSPS) is 14.4. The van der Waals surface area contributed by atoms with Gasteiger partial charge in [0.1, 0.15) is 11.5 Å². The standard InChI is InChI=1S/C24H20ClNO4/c1-14-12-20(21(30-3)13-19(14)25)26-24(15-8-10-16(29-2)11-9-15)22(27)17-6-4-5-7-18(17)23(24)28/h4-13,26H,1-3H3. The molecule has 0 atom stereocenters. The Morgan fingerprint density at radius 2 is 1.47 bits per heavy atom. The number of Topliss-reactive ketones (excluding diaryl/α,β-unsaturated/α-hetero) is 2. The molecule has 0 aliphatic heterocycles. The maximum absolute atomic E-state index is 13.7. The number of carbonyl (C=O) groups is 2. The summed E-state index contributed by atoms with van der Waals surface area (Å²) in [4.78, 5) is 27.3. The van der Waals surface area contributed by atoms with Gasteiger partial charge in [-0.3, -0.25) is 9.59 Å². The monoisotopic (exact) mass is 421 g/mol. The van der Waals surface area contributed by atoms with Crippen LogP contribution in [0.3, 0.4) is 0 Å². The summed E-state index contributed by atoms with van der Waals surface area (Å²) < 4.78 is 10.7. The topological polar surface area (TPSA) is 64.6 Å². The summed E-state index contributed by atoms with van der Waals surface area (Å²) >= 11 is 6.24. The number of methoxy groups -OCH3 is 2. The molecule has 0 amide bonds. The SMILES string of the molecule is COc1ccc(C2(Nc3cc(C)c(Cl)cc3OC)C(=O)c3ccccc3C2=O)cc1. The number of hydrogen-bond acceptors (Lipinski definition) is 5. The fraction of sp³-hybridized carbons (Fsp3) is 0.167. The molecule has 0 saturated carbocycles. The zero-order valence-corrected chi connectivity index (χ0v) is 17.5. The van der Waals surface area contributed by atoms with Crippen LogP contribution in [0.25, 0.3) is 0 Å². The second kappa shape index (κ2) is 7.50. The van der Waals surface area contributed by atoms with E-state index in [1.54, 1.807) is 67.8 Å². The third-order valence-electron chi connectivity index (χ3n) is 5.42. The molecule has 0 saturated heterocycles. The quantitative estimate of drug-likeness (QED) is 0.584. The molecule has 3 aromatic carbocycles. The summed E-state index contributed by atoms with van der Waals surface area (Å²) in [6.07, 6.45) is 0. The van der Waals surface area contributed by atoms with Crippen molar-refractivity contribution >= 4 is 28.9 Å². The number of carbonyl (C=O) groups excluding carboxylic acids is 2. The minimum Gasteiger partial charge on any atom is -0.497 e. The average molecular weight is 422 g/mol. The molecular formula is C24H20ClNO4. The molecule has 3 aromatic rings. The molecule has 4 rings (SSSR count). The molecule has 6 heteroatoms. The lowest BCUT2D eigenvalue weighted by Crippen LogP contribution is -2.46. The number of aryl methyl sites for hydroxylation is 1. The molecule has 0 heterocycles. The van der Waals surface area contributed by atoms with E-state index in [-0.39, 0.29) is 11.6 Å². The van der Waals surface area contributed by atoms with Crippen molar-refractivity contribution in [1.29, 1.82) is 0 Å². The Morgan fingerprint density at radius 1 is 0.867 bits per heavy atom. The van der Waals surface area contributed by atoms with Crippen LogP contribution in [-0.2, 0) is 5.54 Å². The summed E-state index contributed by atoms with van der Waals surface area (Å²) in [5.74, 6) is 0.435. The van der Waals surface area contributed by atoms with Crippen LogP contribution in [0.5, 0.6) is 11.5 Å². The summed E-state index contributed by atoms with van der Waals surface area (Å²) in [5, 5.41) is 3.75. The molecule has 5 nitrogen and oxygen atoms in total. The number of ketones is 2. The molecule has 1 N–H and O–H groups in total. The van der Waals surface area contributed by atoms with Gasteiger partial charge in [0.15, 0.2) is 5.54 Å². The van der Waals surface area contributed by atoms with E-state index in [2.05, 4.69) is 5.32 Å². The molecule has 0 spiro atoms. The summed E-state index contributed by atoms with van der Waals surface area (Å²) in [5.41, 5.74) is 0.962. The zero-order chi connectivity index (χ0) is 21.5. The van der Waals surface area contributed by atoms with E-state index in [0.29, 0.717) is 38.9 Å². The fourth-order valence-electron chi connectivity index (χ4n) is 3.81. The number of fused-ring (bicyclic) bond motifs is 1. The Morgan fingerprint density at radius 3 is 2.00 bits per heavy atom. The highest BCUT2D eigenvalue weighted by molar-refractivity contribution is 6.34. The van der Waals surface area contributed by atoms with Crippen molar-refractivity contribution in [3.8, 4) is 11.5 Å². The van der Waals surface area contributed by atoms with Crippen LogP contribution < -0.4 is 14.8 Å². The molecule has 1 aliphatic rings. The molecule has 0 bridgehead atoms. The van der Waals surface area contributed by atoms with Gasteiger partial charge in [-0.2, -0.15) is 0 Å². The number of benzene rings is 3. The minimum absolute atomic E-state index is 0.317. The van der Waals surface area contributed by atoms with E-state index >= 15 is 0 Å². The van der Waals surface area contributed by atoms with Crippen LogP contribution in [-0.4, -0.2) is 25.8 Å². The van der Waals surface area contributed by atoms with Crippen LogP contribution in [0, 0.1) is 6.92 Å². The highest BCUT2D eigenvalue weighted by Gasteiger charge is 2.54. The molecule has 152 valence electrons. The van der Waals surface area contributed by atoms with E-state index in [1.807, 2.05) is 6.92 Å². The van der Waals surface area contributed by atoms with Gasteiger partial charge in [-0.15, -0.1) is 0 Å². The first-order valence-corrected chi connectivity index (χ1v) is 9.75. The fourth-order valence-corrected chi connectivity index (χ4v) is 3.96. The minimum atomic E-state index is -1.62. The Hall–Kier alpha value is -3.31. The van der Waals surface area contributed by atoms with Crippen LogP contribution in [0.2, 0.25) is 5.02 Å². The molecule has 0 radical (unpaired) electrons. The Balaban J connectivity index is 1.94. The van der Waals surface area contributed by atoms with Crippen molar-refractivity contribution in [2.24, 2.45) is 0 Å². The van der Waals surface area contributed by atoms with Crippen molar-refractivity contribution in [3.63, 3.8) is 0 Å². The number of nitrogens with one attached hydrogen (secondary N) is 1. The van der Waals surface area contributed by atoms with Gasteiger partial charge in [0.05, 0.1) is 19.9 Å². The zero-order valence-electron chi connectivity index (χ0n) is 16.8. The molecule has 0 aromatic heterocycles. The Labute approximate surface area is 179 Å². The highest BCUT2D eigenvalue weighted by Crippen LogP contribution is 2.43. The highest BCUT2D eigenvalue weighted by atomic mass is 35.5. The molecule has 0 unspecified atom stereocenters. The van der Waals surface area contributed by atoms with Crippen molar-refractivity contribution < 1.29 is 19.1 Å². The van der Waals surface area contributed by atoms with E-state index in [9.17, 15) is 9.59 Å². The van der Waals surface area contributed by atoms with Crippen molar-refractivity contribution in [2.75, 3.05) is 19.5 Å². The summed E-state index contributed by atoms with van der Waals surface area (Å²) in [7, 11) is 3.07. The Bertz CT molecular complexity index is 1120. The van der Waals surface area contributed by atoms with Crippen LogP contribution in [0.1, 0.15) is 31.8 Å². The van der Waals surface area contributed by atoms with Crippen LogP contribution in [0.15, 0.2) is 60.7 Å². The number of halogens is 1. The van der Waals surface area contributed by atoms with Crippen LogP contribution >= 0.6 is 11.6 Å². The lowest BCUT2D eigenvalue weighted by molar-refractivity contribution is 0.0818. The van der Waals surface area contributed by atoms with Crippen LogP contribution in [0.4, 0.5) is 5.69 Å². The molecule has 0 fully saturated rings. The van der Waals surface area contributed by atoms with Gasteiger partial charge in [0, 0.05) is 22.2 Å². The molecule has 1 aliphatic carbocycles. The van der Waals surface area contributed by atoms with Gasteiger partial charge in [0.2, 0.25) is 11.6 Å². The molecular weight excluding hydrogens is 402 g/mol. The van der Waals surface area contributed by atoms with E-state index in [4.69, 9.17) is 21.1 Å². The van der Waals surface area contributed by atoms with Gasteiger partial charge in [-0.1, -0.05) is 48.0 Å². The maximum Gasteiger partial charge on any atom is 0.201 e. The lowest BCUT2D eigenvalue weighted by atomic mass is 9.84. The second-order valence-electron chi connectivity index (χ2n) is 7.11. The van der Waals surface area contributed by atoms with E-state index in [1.165, 1.54) is 7.11 Å². The Kier molecular flexibility index (Phi) is 5.00. The molecule has 30 heavy (non-hydrogen) atoms. The van der Waals surface area contributed by atoms with Crippen molar-refractivity contribution in [3.05, 3.63) is 87.9 Å². The number of rotatable bonds is 5. The predicted molar refractivity (Wildman–Crippen MR) is 116 cm³/mol. The smallest absolute Gasteiger partial charge is 0.201 e. The lowest BCUT2D eigenvalue weighted by Gasteiger charge is -2.30. The second-order valence-corrected chi connectivity index (χ2v) is 7.52. The number of anilines is 1. The largest absolute Gasteiger partial charge is 0.497 e. The van der Waals surface area contributed by atoms with Gasteiger partial charge < -0.3 is 14.8 Å². The van der Waals surface area contributed by atoms with Gasteiger partial charge in [0.25, 0.3) is 0 Å². The first-order valence-electron chi connectivity index (χ1n) is 9.38. The number of ether oxygens (including phenoxy) is 2.